The maximum atomic E-state index is 13.4. The predicted molar refractivity (Wildman–Crippen MR) is 159 cm³/mol. The Morgan fingerprint density at radius 3 is 2.39 bits per heavy atom. The van der Waals surface area contributed by atoms with Gasteiger partial charge in [0.2, 0.25) is 0 Å². The van der Waals surface area contributed by atoms with Gasteiger partial charge in [-0.05, 0) is 70.7 Å². The number of nitrogens with one attached hydrogen (secondary N) is 1. The average molecular weight is 633 g/mol. The van der Waals surface area contributed by atoms with Gasteiger partial charge in [0, 0.05) is 22.0 Å². The molecular formula is C31H38BrNO8. The zero-order valence-electron chi connectivity index (χ0n) is 24.3. The van der Waals surface area contributed by atoms with Crippen LogP contribution in [0, 0.1) is 0 Å². The van der Waals surface area contributed by atoms with Crippen molar-refractivity contribution in [3.8, 4) is 17.2 Å². The Morgan fingerprint density at radius 1 is 1.07 bits per heavy atom. The van der Waals surface area contributed by atoms with Crippen LogP contribution in [0.5, 0.6) is 17.2 Å². The number of ether oxygens (including phenoxy) is 4. The van der Waals surface area contributed by atoms with Crippen LogP contribution < -0.4 is 14.8 Å². The van der Waals surface area contributed by atoms with Gasteiger partial charge in [-0.15, -0.1) is 0 Å². The van der Waals surface area contributed by atoms with Crippen LogP contribution >= 0.6 is 15.9 Å². The first kappa shape index (κ1) is 32.0. The van der Waals surface area contributed by atoms with Gasteiger partial charge >= 0.3 is 12.1 Å². The third-order valence-electron chi connectivity index (χ3n) is 6.66. The van der Waals surface area contributed by atoms with Gasteiger partial charge in [-0.25, -0.2) is 9.59 Å². The lowest BCUT2D eigenvalue weighted by Crippen LogP contribution is -2.44. The molecule has 1 aliphatic carbocycles. The van der Waals surface area contributed by atoms with Crippen molar-refractivity contribution in [1.29, 1.82) is 0 Å². The number of phenolic OH excluding ortho intramolecular Hbond substituents is 1. The molecule has 3 rings (SSSR count). The Balaban J connectivity index is 1.92. The number of esters is 1. The number of halogens is 1. The van der Waals surface area contributed by atoms with E-state index in [1.807, 2.05) is 24.3 Å². The third-order valence-corrected chi connectivity index (χ3v) is 7.15. The van der Waals surface area contributed by atoms with E-state index < -0.39 is 41.5 Å². The molecule has 1 fully saturated rings. The molecule has 0 aromatic heterocycles. The molecule has 0 aliphatic heterocycles. The molecule has 2 aromatic carbocycles. The first-order chi connectivity index (χ1) is 19.3. The molecule has 2 unspecified atom stereocenters. The molecule has 0 saturated heterocycles. The van der Waals surface area contributed by atoms with Crippen molar-refractivity contribution in [3.05, 3.63) is 57.6 Å². The molecule has 41 heavy (non-hydrogen) atoms. The molecule has 9 nitrogen and oxygen atoms in total. The number of phenols is 1. The monoisotopic (exact) mass is 631 g/mol. The molecular weight excluding hydrogens is 594 g/mol. The first-order valence-corrected chi connectivity index (χ1v) is 14.3. The van der Waals surface area contributed by atoms with Gasteiger partial charge in [0.25, 0.3) is 0 Å². The largest absolute Gasteiger partial charge is 0.507 e. The molecule has 0 spiro atoms. The summed E-state index contributed by atoms with van der Waals surface area (Å²) in [6.07, 6.45) is 4.44. The van der Waals surface area contributed by atoms with Gasteiger partial charge in [-0.2, -0.15) is 0 Å². The normalized spacial score (nSPS) is 17.9. The number of rotatable bonds is 9. The van der Waals surface area contributed by atoms with Gasteiger partial charge in [-0.3, -0.25) is 4.79 Å². The van der Waals surface area contributed by atoms with Gasteiger partial charge in [-0.1, -0.05) is 40.6 Å². The van der Waals surface area contributed by atoms with Crippen molar-refractivity contribution in [2.24, 2.45) is 0 Å². The van der Waals surface area contributed by atoms with Gasteiger partial charge in [0.1, 0.15) is 40.6 Å². The summed E-state index contributed by atoms with van der Waals surface area (Å²) in [5.41, 5.74) is 0.448. The van der Waals surface area contributed by atoms with Crippen LogP contribution in [0.2, 0.25) is 0 Å². The van der Waals surface area contributed by atoms with Crippen LogP contribution in [0.4, 0.5) is 4.79 Å². The molecule has 10 heteroatoms. The Hall–Kier alpha value is -3.53. The highest BCUT2D eigenvalue weighted by atomic mass is 79.9. The minimum atomic E-state index is -0.959. The predicted octanol–water partition coefficient (Wildman–Crippen LogP) is 6.55. The summed E-state index contributed by atoms with van der Waals surface area (Å²) < 4.78 is 23.0. The first-order valence-electron chi connectivity index (χ1n) is 13.5. The average Bonchev–Trinajstić information content (AvgIpc) is 2.90. The lowest BCUT2D eigenvalue weighted by atomic mass is 9.79. The maximum absolute atomic E-state index is 13.4. The standard InChI is InChI=1S/C31H38BrNO8/c1-18(33-30(37)41-31(2,3)4)29(36)40-23-13-8-7-12-21(23)26-24(38-5)17-25(39-6)27(28(26)35)22(34)15-14-19-10-9-11-20(32)16-19/h9-11,14-18,21,23,35H,7-8,12-13H2,1-6H3,(H,33,37)/t18-,21?,23?/m0/s1. The number of alkyl carbamates (subject to hydrolysis) is 1. The van der Waals surface area contributed by atoms with Crippen molar-refractivity contribution >= 4 is 39.9 Å². The van der Waals surface area contributed by atoms with Crippen LogP contribution in [0.1, 0.15) is 80.8 Å². The summed E-state index contributed by atoms with van der Waals surface area (Å²) in [5, 5.41) is 14.0. The third kappa shape index (κ3) is 8.48. The molecule has 1 amide bonds. The topological polar surface area (TPSA) is 120 Å². The SMILES string of the molecule is COc1cc(OC)c(C2CCCCC2OC(=O)[C@H](C)NC(=O)OC(C)(C)C)c(O)c1C(=O)C=Cc1cccc(Br)c1. The van der Waals surface area contributed by atoms with Crippen molar-refractivity contribution in [1.82, 2.24) is 5.32 Å². The van der Waals surface area contributed by atoms with Crippen LogP contribution in [0.15, 0.2) is 40.9 Å². The summed E-state index contributed by atoms with van der Waals surface area (Å²) in [5.74, 6) is -1.34. The highest BCUT2D eigenvalue weighted by molar-refractivity contribution is 9.10. The van der Waals surface area contributed by atoms with E-state index in [-0.39, 0.29) is 17.1 Å². The smallest absolute Gasteiger partial charge is 0.408 e. The van der Waals surface area contributed by atoms with E-state index in [9.17, 15) is 19.5 Å². The van der Waals surface area contributed by atoms with Crippen molar-refractivity contribution < 1.29 is 38.4 Å². The molecule has 0 heterocycles. The fraction of sp³-hybridized carbons (Fsp3) is 0.452. The summed E-state index contributed by atoms with van der Waals surface area (Å²) in [4.78, 5) is 38.5. The number of carbonyl (C=O) groups is 3. The Kier molecular flexibility index (Phi) is 10.8. The molecule has 222 valence electrons. The van der Waals surface area contributed by atoms with Crippen molar-refractivity contribution in [2.45, 2.75) is 77.0 Å². The minimum absolute atomic E-state index is 0.00911. The second kappa shape index (κ2) is 13.9. The maximum Gasteiger partial charge on any atom is 0.408 e. The summed E-state index contributed by atoms with van der Waals surface area (Å²) in [6.45, 7) is 6.70. The summed E-state index contributed by atoms with van der Waals surface area (Å²) >= 11 is 3.42. The van der Waals surface area contributed by atoms with E-state index in [1.165, 1.54) is 27.2 Å². The number of hydrogen-bond acceptors (Lipinski definition) is 8. The van der Waals surface area contributed by atoms with Gasteiger partial charge in [0.15, 0.2) is 5.78 Å². The number of benzene rings is 2. The van der Waals surface area contributed by atoms with Crippen molar-refractivity contribution in [3.63, 3.8) is 0 Å². The molecule has 2 aromatic rings. The Morgan fingerprint density at radius 2 is 1.76 bits per heavy atom. The number of methoxy groups -OCH3 is 2. The van der Waals surface area contributed by atoms with E-state index in [2.05, 4.69) is 21.2 Å². The number of aromatic hydroxyl groups is 1. The quantitative estimate of drug-likeness (QED) is 0.182. The fourth-order valence-electron chi connectivity index (χ4n) is 4.79. The number of amides is 1. The number of allylic oxidation sites excluding steroid dienone is 1. The minimum Gasteiger partial charge on any atom is -0.507 e. The Bertz CT molecular complexity index is 1300. The lowest BCUT2D eigenvalue weighted by molar-refractivity contribution is -0.153. The molecule has 3 atom stereocenters. The highest BCUT2D eigenvalue weighted by Crippen LogP contribution is 2.48. The van der Waals surface area contributed by atoms with Crippen LogP contribution in [-0.2, 0) is 14.3 Å². The van der Waals surface area contributed by atoms with Crippen LogP contribution in [0.3, 0.4) is 0 Å². The van der Waals surface area contributed by atoms with Crippen LogP contribution in [0.25, 0.3) is 6.08 Å². The summed E-state index contributed by atoms with van der Waals surface area (Å²) in [7, 11) is 2.87. The second-order valence-corrected chi connectivity index (χ2v) is 11.8. The van der Waals surface area contributed by atoms with Gasteiger partial charge < -0.3 is 29.4 Å². The number of ketones is 1. The molecule has 1 aliphatic rings. The fourth-order valence-corrected chi connectivity index (χ4v) is 5.21. The number of carbonyl (C=O) groups excluding carboxylic acids is 3. The molecule has 2 N–H and O–H groups in total. The van der Waals surface area contributed by atoms with Crippen LogP contribution in [-0.4, -0.2) is 54.9 Å². The molecule has 0 bridgehead atoms. The highest BCUT2D eigenvalue weighted by Gasteiger charge is 2.37. The zero-order chi connectivity index (χ0) is 30.3. The van der Waals surface area contributed by atoms with E-state index >= 15 is 0 Å². The lowest BCUT2D eigenvalue weighted by Gasteiger charge is -2.34. The van der Waals surface area contributed by atoms with E-state index in [0.717, 1.165) is 22.9 Å². The number of hydrogen-bond donors (Lipinski definition) is 2. The molecule has 1 saturated carbocycles. The zero-order valence-corrected chi connectivity index (χ0v) is 25.9. The van der Waals surface area contributed by atoms with Gasteiger partial charge in [0.05, 0.1) is 14.2 Å². The van der Waals surface area contributed by atoms with E-state index in [0.29, 0.717) is 24.2 Å². The van der Waals surface area contributed by atoms with E-state index in [4.69, 9.17) is 18.9 Å². The molecule has 0 radical (unpaired) electrons. The van der Waals surface area contributed by atoms with E-state index in [1.54, 1.807) is 32.9 Å². The second-order valence-electron chi connectivity index (χ2n) is 10.9. The van der Waals surface area contributed by atoms with Crippen molar-refractivity contribution in [2.75, 3.05) is 14.2 Å². The Labute approximate surface area is 249 Å². The summed E-state index contributed by atoms with van der Waals surface area (Å²) in [6, 6.07) is 8.05.